The molecule has 2 heteroatoms. The van der Waals surface area contributed by atoms with Crippen LogP contribution in [-0.4, -0.2) is 11.1 Å². The molecular formula is C13H18O2. The highest BCUT2D eigenvalue weighted by Crippen LogP contribution is 2.53. The molecule has 0 aromatic carbocycles. The SMILES string of the molecule is O=C(O)CC1CC2CC(CC3CC3)=CC12. The molecule has 0 spiro atoms. The molecule has 2 fully saturated rings. The number of carbonyl (C=O) groups is 1. The zero-order valence-corrected chi connectivity index (χ0v) is 8.98. The third-order valence-electron chi connectivity index (χ3n) is 4.33. The molecule has 3 aliphatic carbocycles. The van der Waals surface area contributed by atoms with Crippen LogP contribution >= 0.6 is 0 Å². The molecule has 3 aliphatic rings. The summed E-state index contributed by atoms with van der Waals surface area (Å²) in [6, 6.07) is 0. The van der Waals surface area contributed by atoms with Crippen LogP contribution in [0.25, 0.3) is 0 Å². The van der Waals surface area contributed by atoms with Crippen LogP contribution in [0.1, 0.15) is 38.5 Å². The fourth-order valence-electron chi connectivity index (χ4n) is 3.35. The van der Waals surface area contributed by atoms with Crippen LogP contribution in [-0.2, 0) is 4.79 Å². The van der Waals surface area contributed by atoms with Crippen LogP contribution in [0.5, 0.6) is 0 Å². The van der Waals surface area contributed by atoms with Crippen molar-refractivity contribution in [1.29, 1.82) is 0 Å². The van der Waals surface area contributed by atoms with Gasteiger partial charge in [0, 0.05) is 6.42 Å². The summed E-state index contributed by atoms with van der Waals surface area (Å²) in [6.07, 6.45) is 9.39. The minimum Gasteiger partial charge on any atom is -0.481 e. The van der Waals surface area contributed by atoms with Gasteiger partial charge >= 0.3 is 5.97 Å². The number of fused-ring (bicyclic) bond motifs is 1. The van der Waals surface area contributed by atoms with Crippen molar-refractivity contribution in [2.24, 2.45) is 23.7 Å². The van der Waals surface area contributed by atoms with Crippen molar-refractivity contribution >= 4 is 5.97 Å². The fraction of sp³-hybridized carbons (Fsp3) is 0.769. The van der Waals surface area contributed by atoms with Gasteiger partial charge in [0.25, 0.3) is 0 Å². The molecule has 3 unspecified atom stereocenters. The summed E-state index contributed by atoms with van der Waals surface area (Å²) in [7, 11) is 0. The minimum absolute atomic E-state index is 0.383. The van der Waals surface area contributed by atoms with Gasteiger partial charge in [0.1, 0.15) is 0 Å². The Kier molecular flexibility index (Phi) is 2.11. The summed E-state index contributed by atoms with van der Waals surface area (Å²) >= 11 is 0. The Morgan fingerprint density at radius 1 is 1.47 bits per heavy atom. The summed E-state index contributed by atoms with van der Waals surface area (Å²) in [5.74, 6) is 2.23. The number of allylic oxidation sites excluding steroid dienone is 2. The predicted molar refractivity (Wildman–Crippen MR) is 57.4 cm³/mol. The van der Waals surface area contributed by atoms with Crippen LogP contribution in [0.15, 0.2) is 11.6 Å². The van der Waals surface area contributed by atoms with Gasteiger partial charge in [-0.2, -0.15) is 0 Å². The monoisotopic (exact) mass is 206 g/mol. The Bertz CT molecular complexity index is 314. The molecule has 0 aromatic rings. The smallest absolute Gasteiger partial charge is 0.303 e. The topological polar surface area (TPSA) is 37.3 Å². The molecule has 0 heterocycles. The Hall–Kier alpha value is -0.790. The minimum atomic E-state index is -0.623. The van der Waals surface area contributed by atoms with E-state index in [0.29, 0.717) is 18.3 Å². The zero-order valence-electron chi connectivity index (χ0n) is 8.98. The summed E-state index contributed by atoms with van der Waals surface area (Å²) in [6.45, 7) is 0. The first-order valence-corrected chi connectivity index (χ1v) is 6.13. The normalized spacial score (nSPS) is 38.1. The van der Waals surface area contributed by atoms with Crippen molar-refractivity contribution in [2.75, 3.05) is 0 Å². The molecule has 3 rings (SSSR count). The van der Waals surface area contributed by atoms with E-state index < -0.39 is 5.97 Å². The summed E-state index contributed by atoms with van der Waals surface area (Å²) in [4.78, 5) is 10.6. The Morgan fingerprint density at radius 2 is 2.27 bits per heavy atom. The first-order chi connectivity index (χ1) is 7.22. The van der Waals surface area contributed by atoms with Crippen molar-refractivity contribution < 1.29 is 9.90 Å². The van der Waals surface area contributed by atoms with Gasteiger partial charge in [0.05, 0.1) is 0 Å². The molecule has 0 amide bonds. The van der Waals surface area contributed by atoms with Crippen LogP contribution in [0.3, 0.4) is 0 Å². The molecular weight excluding hydrogens is 188 g/mol. The van der Waals surface area contributed by atoms with Gasteiger partial charge in [-0.3, -0.25) is 4.79 Å². The summed E-state index contributed by atoms with van der Waals surface area (Å²) in [5.41, 5.74) is 1.64. The Morgan fingerprint density at radius 3 is 2.93 bits per heavy atom. The lowest BCUT2D eigenvalue weighted by molar-refractivity contribution is -0.139. The average molecular weight is 206 g/mol. The number of hydrogen-bond donors (Lipinski definition) is 1. The highest BCUT2D eigenvalue weighted by atomic mass is 16.4. The van der Waals surface area contributed by atoms with Gasteiger partial charge in [-0.1, -0.05) is 11.6 Å². The maximum Gasteiger partial charge on any atom is 0.303 e. The van der Waals surface area contributed by atoms with Crippen molar-refractivity contribution in [1.82, 2.24) is 0 Å². The third-order valence-corrected chi connectivity index (χ3v) is 4.33. The lowest BCUT2D eigenvalue weighted by Crippen LogP contribution is -2.34. The van der Waals surface area contributed by atoms with Gasteiger partial charge in [-0.25, -0.2) is 0 Å². The van der Waals surface area contributed by atoms with Gasteiger partial charge < -0.3 is 5.11 Å². The highest BCUT2D eigenvalue weighted by molar-refractivity contribution is 5.67. The largest absolute Gasteiger partial charge is 0.481 e. The maximum absolute atomic E-state index is 10.6. The van der Waals surface area contributed by atoms with Crippen molar-refractivity contribution in [3.8, 4) is 0 Å². The van der Waals surface area contributed by atoms with Crippen LogP contribution in [0.2, 0.25) is 0 Å². The quantitative estimate of drug-likeness (QED) is 0.718. The van der Waals surface area contributed by atoms with E-state index in [-0.39, 0.29) is 0 Å². The molecule has 0 saturated heterocycles. The number of carboxylic acid groups (broad SMARTS) is 1. The standard InChI is InChI=1S/C13H18O2/c14-13(15)7-11-6-10-4-9(5-12(10)11)3-8-1-2-8/h5,8,10-12H,1-4,6-7H2,(H,14,15). The first kappa shape index (κ1) is 9.44. The number of aliphatic carboxylic acids is 1. The first-order valence-electron chi connectivity index (χ1n) is 6.13. The van der Waals surface area contributed by atoms with Crippen molar-refractivity contribution in [3.05, 3.63) is 11.6 Å². The molecule has 2 nitrogen and oxygen atoms in total. The lowest BCUT2D eigenvalue weighted by Gasteiger charge is -2.39. The van der Waals surface area contributed by atoms with E-state index >= 15 is 0 Å². The van der Waals surface area contributed by atoms with E-state index in [4.69, 9.17) is 5.11 Å². The van der Waals surface area contributed by atoms with E-state index in [1.54, 1.807) is 5.57 Å². The van der Waals surface area contributed by atoms with E-state index in [0.717, 1.165) is 18.3 Å². The van der Waals surface area contributed by atoms with Crippen LogP contribution in [0, 0.1) is 23.7 Å². The predicted octanol–water partition coefficient (Wildman–Crippen LogP) is 2.84. The molecule has 82 valence electrons. The Labute approximate surface area is 90.4 Å². The summed E-state index contributed by atoms with van der Waals surface area (Å²) < 4.78 is 0. The fourth-order valence-corrected chi connectivity index (χ4v) is 3.35. The third kappa shape index (κ3) is 1.82. The van der Waals surface area contributed by atoms with E-state index in [2.05, 4.69) is 6.08 Å². The number of rotatable bonds is 4. The lowest BCUT2D eigenvalue weighted by atomic mass is 9.65. The molecule has 1 N–H and O–H groups in total. The Balaban J connectivity index is 1.57. The molecule has 3 atom stereocenters. The van der Waals surface area contributed by atoms with Crippen molar-refractivity contribution in [3.63, 3.8) is 0 Å². The van der Waals surface area contributed by atoms with E-state index in [9.17, 15) is 4.79 Å². The molecule has 2 saturated carbocycles. The zero-order chi connectivity index (χ0) is 10.4. The van der Waals surface area contributed by atoms with Crippen LogP contribution < -0.4 is 0 Å². The number of carboxylic acids is 1. The van der Waals surface area contributed by atoms with Gasteiger partial charge in [0.2, 0.25) is 0 Å². The van der Waals surface area contributed by atoms with Gasteiger partial charge in [-0.15, -0.1) is 0 Å². The molecule has 0 radical (unpaired) electrons. The molecule has 15 heavy (non-hydrogen) atoms. The second-order valence-corrected chi connectivity index (χ2v) is 5.61. The van der Waals surface area contributed by atoms with Gasteiger partial charge in [0.15, 0.2) is 0 Å². The maximum atomic E-state index is 10.6. The molecule has 0 aromatic heterocycles. The second-order valence-electron chi connectivity index (χ2n) is 5.61. The molecule has 0 aliphatic heterocycles. The van der Waals surface area contributed by atoms with E-state index in [1.165, 1.54) is 25.7 Å². The number of hydrogen-bond acceptors (Lipinski definition) is 1. The van der Waals surface area contributed by atoms with Gasteiger partial charge in [-0.05, 0) is 55.8 Å². The molecule has 0 bridgehead atoms. The second kappa shape index (κ2) is 3.36. The van der Waals surface area contributed by atoms with E-state index in [1.807, 2.05) is 0 Å². The van der Waals surface area contributed by atoms with Crippen molar-refractivity contribution in [2.45, 2.75) is 38.5 Å². The summed E-state index contributed by atoms with van der Waals surface area (Å²) in [5, 5.41) is 8.77. The van der Waals surface area contributed by atoms with Crippen LogP contribution in [0.4, 0.5) is 0 Å². The highest BCUT2D eigenvalue weighted by Gasteiger charge is 2.44. The average Bonchev–Trinajstić information content (AvgIpc) is 2.89.